The highest BCUT2D eigenvalue weighted by molar-refractivity contribution is 6.24. The van der Waals surface area contributed by atoms with Crippen LogP contribution < -0.4 is 0 Å². The van der Waals surface area contributed by atoms with E-state index in [2.05, 4.69) is 0 Å². The summed E-state index contributed by atoms with van der Waals surface area (Å²) in [4.78, 5) is 34.7. The number of fused-ring (bicyclic) bond motifs is 1. The standard InChI is InChI=1S/C13H10O4/c1-2-12(15)17-11-7-10(14)8-5-3-4-6-9(8)13(11)16/h3-7H,2H2,1H3. The second kappa shape index (κ2) is 4.33. The van der Waals surface area contributed by atoms with Gasteiger partial charge in [-0.1, -0.05) is 31.2 Å². The molecule has 0 N–H and O–H groups in total. The van der Waals surface area contributed by atoms with E-state index in [1.54, 1.807) is 31.2 Å². The molecular weight excluding hydrogens is 220 g/mol. The Balaban J connectivity index is 2.38. The summed E-state index contributed by atoms with van der Waals surface area (Å²) in [6, 6.07) is 6.46. The Morgan fingerprint density at radius 2 is 1.82 bits per heavy atom. The van der Waals surface area contributed by atoms with Crippen molar-refractivity contribution in [2.75, 3.05) is 0 Å². The molecule has 4 heteroatoms. The Bertz CT molecular complexity index is 540. The lowest BCUT2D eigenvalue weighted by Gasteiger charge is -2.14. The molecule has 1 aliphatic rings. The fourth-order valence-corrected chi connectivity index (χ4v) is 1.56. The Kier molecular flexibility index (Phi) is 2.87. The number of ether oxygens (including phenoxy) is 1. The summed E-state index contributed by atoms with van der Waals surface area (Å²) in [6.45, 7) is 1.62. The molecule has 0 unspecified atom stereocenters. The van der Waals surface area contributed by atoms with Crippen LogP contribution in [-0.2, 0) is 9.53 Å². The van der Waals surface area contributed by atoms with Gasteiger partial charge in [0.15, 0.2) is 11.5 Å². The van der Waals surface area contributed by atoms with Crippen molar-refractivity contribution in [1.82, 2.24) is 0 Å². The topological polar surface area (TPSA) is 60.4 Å². The first-order valence-corrected chi connectivity index (χ1v) is 5.24. The largest absolute Gasteiger partial charge is 0.422 e. The van der Waals surface area contributed by atoms with Gasteiger partial charge >= 0.3 is 5.97 Å². The normalized spacial score (nSPS) is 14.1. The van der Waals surface area contributed by atoms with E-state index in [9.17, 15) is 14.4 Å². The SMILES string of the molecule is CCC(=O)OC1=CC(=O)c2ccccc2C1=O. The summed E-state index contributed by atoms with van der Waals surface area (Å²) in [5.74, 6) is -1.47. The summed E-state index contributed by atoms with van der Waals surface area (Å²) in [7, 11) is 0. The number of ketones is 2. The second-order valence-corrected chi connectivity index (χ2v) is 3.58. The molecule has 86 valence electrons. The Morgan fingerprint density at radius 3 is 2.47 bits per heavy atom. The van der Waals surface area contributed by atoms with E-state index in [0.717, 1.165) is 6.08 Å². The van der Waals surface area contributed by atoms with Crippen LogP contribution >= 0.6 is 0 Å². The van der Waals surface area contributed by atoms with E-state index >= 15 is 0 Å². The van der Waals surface area contributed by atoms with Crippen LogP contribution in [0, 0.1) is 0 Å². The number of allylic oxidation sites excluding steroid dienone is 2. The molecule has 0 aromatic heterocycles. The van der Waals surface area contributed by atoms with Crippen molar-refractivity contribution in [3.05, 3.63) is 47.2 Å². The monoisotopic (exact) mass is 230 g/mol. The predicted molar refractivity (Wildman–Crippen MR) is 59.6 cm³/mol. The van der Waals surface area contributed by atoms with Gasteiger partial charge in [-0.15, -0.1) is 0 Å². The number of rotatable bonds is 2. The lowest BCUT2D eigenvalue weighted by atomic mass is 9.94. The molecule has 0 spiro atoms. The Labute approximate surface area is 97.9 Å². The van der Waals surface area contributed by atoms with Gasteiger partial charge in [0, 0.05) is 23.6 Å². The highest BCUT2D eigenvalue weighted by atomic mass is 16.5. The molecule has 0 bridgehead atoms. The third-order valence-electron chi connectivity index (χ3n) is 2.44. The van der Waals surface area contributed by atoms with Crippen LogP contribution in [0.3, 0.4) is 0 Å². The van der Waals surface area contributed by atoms with Crippen LogP contribution in [0.4, 0.5) is 0 Å². The molecule has 4 nitrogen and oxygen atoms in total. The highest BCUT2D eigenvalue weighted by Gasteiger charge is 2.27. The number of esters is 1. The lowest BCUT2D eigenvalue weighted by molar-refractivity contribution is -0.138. The van der Waals surface area contributed by atoms with Gasteiger partial charge < -0.3 is 4.74 Å². The molecule has 0 atom stereocenters. The van der Waals surface area contributed by atoms with Gasteiger partial charge in [-0.05, 0) is 0 Å². The number of hydrogen-bond acceptors (Lipinski definition) is 4. The fraction of sp³-hybridized carbons (Fsp3) is 0.154. The van der Waals surface area contributed by atoms with E-state index in [-0.39, 0.29) is 23.5 Å². The van der Waals surface area contributed by atoms with Crippen LogP contribution in [0.15, 0.2) is 36.1 Å². The fourth-order valence-electron chi connectivity index (χ4n) is 1.56. The first-order chi connectivity index (χ1) is 8.13. The minimum absolute atomic E-state index is 0.153. The maximum Gasteiger partial charge on any atom is 0.311 e. The number of carbonyl (C=O) groups is 3. The van der Waals surface area contributed by atoms with Gasteiger partial charge in [-0.25, -0.2) is 0 Å². The van der Waals surface area contributed by atoms with Crippen molar-refractivity contribution in [3.8, 4) is 0 Å². The molecule has 0 amide bonds. The third-order valence-corrected chi connectivity index (χ3v) is 2.44. The Morgan fingerprint density at radius 1 is 1.18 bits per heavy atom. The number of carbonyl (C=O) groups excluding carboxylic acids is 3. The van der Waals surface area contributed by atoms with Gasteiger partial charge in [-0.3, -0.25) is 14.4 Å². The summed E-state index contributed by atoms with van der Waals surface area (Å²) in [5.41, 5.74) is 0.618. The average molecular weight is 230 g/mol. The summed E-state index contributed by atoms with van der Waals surface area (Å²) in [6.07, 6.45) is 1.22. The molecule has 0 fully saturated rings. The quantitative estimate of drug-likeness (QED) is 0.728. The predicted octanol–water partition coefficient (Wildman–Crippen LogP) is 1.90. The number of benzene rings is 1. The zero-order valence-corrected chi connectivity index (χ0v) is 9.23. The maximum atomic E-state index is 11.9. The molecule has 0 saturated carbocycles. The number of hydrogen-bond donors (Lipinski definition) is 0. The van der Waals surface area contributed by atoms with Crippen LogP contribution in [0.2, 0.25) is 0 Å². The first-order valence-electron chi connectivity index (χ1n) is 5.24. The smallest absolute Gasteiger partial charge is 0.311 e. The summed E-state index contributed by atoms with van der Waals surface area (Å²) >= 11 is 0. The van der Waals surface area contributed by atoms with E-state index in [0.29, 0.717) is 5.56 Å². The summed E-state index contributed by atoms with van der Waals surface area (Å²) < 4.78 is 4.83. The van der Waals surface area contributed by atoms with Crippen LogP contribution in [-0.4, -0.2) is 17.5 Å². The average Bonchev–Trinajstić information content (AvgIpc) is 2.35. The zero-order chi connectivity index (χ0) is 12.4. The van der Waals surface area contributed by atoms with Gasteiger partial charge in [0.1, 0.15) is 0 Å². The molecule has 1 aromatic rings. The maximum absolute atomic E-state index is 11.9. The molecule has 17 heavy (non-hydrogen) atoms. The minimum atomic E-state index is -0.531. The molecule has 2 rings (SSSR count). The van der Waals surface area contributed by atoms with Crippen LogP contribution in [0.1, 0.15) is 34.1 Å². The van der Waals surface area contributed by atoms with Gasteiger partial charge in [0.2, 0.25) is 5.78 Å². The minimum Gasteiger partial charge on any atom is -0.422 e. The first kappa shape index (κ1) is 11.3. The number of Topliss-reactive ketones (excluding diaryl/α,β-unsaturated/α-hetero) is 1. The molecule has 0 saturated heterocycles. The van der Waals surface area contributed by atoms with Crippen molar-refractivity contribution in [2.24, 2.45) is 0 Å². The molecule has 0 radical (unpaired) electrons. The molecule has 0 heterocycles. The highest BCUT2D eigenvalue weighted by Crippen LogP contribution is 2.21. The van der Waals surface area contributed by atoms with Crippen molar-refractivity contribution in [1.29, 1.82) is 0 Å². The summed E-state index contributed by atoms with van der Waals surface area (Å²) in [5, 5.41) is 0. The molecule has 1 aliphatic carbocycles. The van der Waals surface area contributed by atoms with E-state index in [4.69, 9.17) is 4.74 Å². The zero-order valence-electron chi connectivity index (χ0n) is 9.23. The van der Waals surface area contributed by atoms with Crippen molar-refractivity contribution >= 4 is 17.5 Å². The van der Waals surface area contributed by atoms with Gasteiger partial charge in [-0.2, -0.15) is 0 Å². The van der Waals surface area contributed by atoms with Gasteiger partial charge in [0.05, 0.1) is 0 Å². The van der Waals surface area contributed by atoms with Gasteiger partial charge in [0.25, 0.3) is 0 Å². The lowest BCUT2D eigenvalue weighted by Crippen LogP contribution is -2.20. The van der Waals surface area contributed by atoms with Crippen molar-refractivity contribution in [2.45, 2.75) is 13.3 Å². The van der Waals surface area contributed by atoms with E-state index < -0.39 is 11.8 Å². The van der Waals surface area contributed by atoms with E-state index in [1.165, 1.54) is 0 Å². The van der Waals surface area contributed by atoms with E-state index in [1.807, 2.05) is 0 Å². The van der Waals surface area contributed by atoms with Crippen LogP contribution in [0.5, 0.6) is 0 Å². The second-order valence-electron chi connectivity index (χ2n) is 3.58. The molecular formula is C13H10O4. The molecule has 1 aromatic carbocycles. The van der Waals surface area contributed by atoms with Crippen LogP contribution in [0.25, 0.3) is 0 Å². The Hall–Kier alpha value is -2.23. The van der Waals surface area contributed by atoms with Crippen molar-refractivity contribution < 1.29 is 19.1 Å². The third kappa shape index (κ3) is 2.01. The van der Waals surface area contributed by atoms with Crippen molar-refractivity contribution in [3.63, 3.8) is 0 Å². The molecule has 0 aliphatic heterocycles.